The van der Waals surface area contributed by atoms with Crippen LogP contribution in [0.1, 0.15) is 18.1 Å². The highest BCUT2D eigenvalue weighted by molar-refractivity contribution is 5.90. The zero-order chi connectivity index (χ0) is 15.7. The van der Waals surface area contributed by atoms with Gasteiger partial charge in [0, 0.05) is 19.6 Å². The van der Waals surface area contributed by atoms with Gasteiger partial charge in [-0.3, -0.25) is 0 Å². The van der Waals surface area contributed by atoms with Gasteiger partial charge in [-0.25, -0.2) is 14.5 Å². The highest BCUT2D eigenvalue weighted by Crippen LogP contribution is 2.03. The zero-order valence-corrected chi connectivity index (χ0v) is 12.6. The number of ether oxygens (including phenoxy) is 1. The maximum Gasteiger partial charge on any atom is 0.418 e. The van der Waals surface area contributed by atoms with Crippen molar-refractivity contribution in [2.45, 2.75) is 20.3 Å². The molecule has 1 aromatic carbocycles. The maximum absolute atomic E-state index is 12.0. The molecule has 0 unspecified atom stereocenters. The lowest BCUT2D eigenvalue weighted by atomic mass is 10.1. The quantitative estimate of drug-likeness (QED) is 0.835. The van der Waals surface area contributed by atoms with Crippen molar-refractivity contribution < 1.29 is 14.3 Å². The Bertz CT molecular complexity index is 460. The molecule has 0 aliphatic carbocycles. The van der Waals surface area contributed by atoms with Gasteiger partial charge in [0.05, 0.1) is 6.61 Å². The largest absolute Gasteiger partial charge is 0.449 e. The van der Waals surface area contributed by atoms with Gasteiger partial charge in [0.1, 0.15) is 0 Å². The summed E-state index contributed by atoms with van der Waals surface area (Å²) in [6, 6.07) is 7.60. The summed E-state index contributed by atoms with van der Waals surface area (Å²) in [4.78, 5) is 24.6. The van der Waals surface area contributed by atoms with Crippen molar-refractivity contribution in [3.8, 4) is 0 Å². The zero-order valence-electron chi connectivity index (χ0n) is 12.6. The Morgan fingerprint density at radius 3 is 2.52 bits per heavy atom. The Morgan fingerprint density at radius 1 is 1.29 bits per heavy atom. The SMILES string of the molecule is CCOC(=O)N(CCN)C(=O)NCCc1ccc(C)cc1. The molecule has 0 aliphatic heterocycles. The Morgan fingerprint density at radius 2 is 1.95 bits per heavy atom. The van der Waals surface area contributed by atoms with Crippen molar-refractivity contribution in [1.82, 2.24) is 10.2 Å². The molecule has 0 aromatic heterocycles. The normalized spacial score (nSPS) is 10.0. The van der Waals surface area contributed by atoms with Crippen LogP contribution in [0, 0.1) is 6.92 Å². The van der Waals surface area contributed by atoms with E-state index in [1.54, 1.807) is 6.92 Å². The highest BCUT2D eigenvalue weighted by atomic mass is 16.6. The van der Waals surface area contributed by atoms with Crippen LogP contribution in [-0.4, -0.2) is 43.3 Å². The van der Waals surface area contributed by atoms with Crippen molar-refractivity contribution >= 4 is 12.1 Å². The molecule has 0 radical (unpaired) electrons. The fourth-order valence-electron chi connectivity index (χ4n) is 1.77. The summed E-state index contributed by atoms with van der Waals surface area (Å²) in [6.07, 6.45) is 0.0291. The van der Waals surface area contributed by atoms with E-state index in [0.717, 1.165) is 10.5 Å². The Balaban J connectivity index is 2.45. The third kappa shape index (κ3) is 5.83. The Labute approximate surface area is 125 Å². The van der Waals surface area contributed by atoms with Gasteiger partial charge >= 0.3 is 12.1 Å². The molecule has 116 valence electrons. The first-order valence-electron chi connectivity index (χ1n) is 7.06. The summed E-state index contributed by atoms with van der Waals surface area (Å²) >= 11 is 0. The minimum absolute atomic E-state index is 0.134. The van der Waals surface area contributed by atoms with Crippen LogP contribution in [0.3, 0.4) is 0 Å². The fourth-order valence-corrected chi connectivity index (χ4v) is 1.77. The molecule has 0 aliphatic rings. The molecule has 1 rings (SSSR count). The van der Waals surface area contributed by atoms with Gasteiger partial charge in [0.2, 0.25) is 0 Å². The molecule has 3 N–H and O–H groups in total. The molecule has 0 atom stereocenters. The van der Waals surface area contributed by atoms with Crippen LogP contribution in [0.2, 0.25) is 0 Å². The van der Waals surface area contributed by atoms with Gasteiger partial charge in [0.25, 0.3) is 0 Å². The molecule has 0 heterocycles. The van der Waals surface area contributed by atoms with E-state index < -0.39 is 12.1 Å². The lowest BCUT2D eigenvalue weighted by Crippen LogP contribution is -2.46. The Kier molecular flexibility index (Phi) is 7.25. The molecule has 0 saturated heterocycles. The average molecular weight is 293 g/mol. The first-order chi connectivity index (χ1) is 10.1. The van der Waals surface area contributed by atoms with Crippen LogP contribution in [0.25, 0.3) is 0 Å². The standard InChI is InChI=1S/C15H23N3O3/c1-3-21-15(20)18(11-9-16)14(19)17-10-8-13-6-4-12(2)5-7-13/h4-7H,3,8-11,16H2,1-2H3,(H,17,19). The van der Waals surface area contributed by atoms with Gasteiger partial charge in [-0.15, -0.1) is 0 Å². The van der Waals surface area contributed by atoms with E-state index in [0.29, 0.717) is 13.0 Å². The molecule has 0 fully saturated rings. The van der Waals surface area contributed by atoms with Gasteiger partial charge in [-0.1, -0.05) is 29.8 Å². The molecule has 0 bridgehead atoms. The second-order valence-electron chi connectivity index (χ2n) is 4.61. The number of carbonyl (C=O) groups excluding carboxylic acids is 2. The number of amides is 3. The van der Waals surface area contributed by atoms with Crippen molar-refractivity contribution in [2.75, 3.05) is 26.2 Å². The van der Waals surface area contributed by atoms with Crippen LogP contribution in [0.5, 0.6) is 0 Å². The first-order valence-corrected chi connectivity index (χ1v) is 7.06. The topological polar surface area (TPSA) is 84.7 Å². The van der Waals surface area contributed by atoms with E-state index in [-0.39, 0.29) is 19.7 Å². The summed E-state index contributed by atoms with van der Waals surface area (Å²) in [5.41, 5.74) is 7.73. The van der Waals surface area contributed by atoms with Crippen LogP contribution in [0.4, 0.5) is 9.59 Å². The number of nitrogens with two attached hydrogens (primary N) is 1. The minimum Gasteiger partial charge on any atom is -0.449 e. The summed E-state index contributed by atoms with van der Waals surface area (Å²) in [5, 5.41) is 2.70. The summed E-state index contributed by atoms with van der Waals surface area (Å²) in [7, 11) is 0. The van der Waals surface area contributed by atoms with E-state index >= 15 is 0 Å². The van der Waals surface area contributed by atoms with Crippen LogP contribution < -0.4 is 11.1 Å². The number of aryl methyl sites for hydroxylation is 1. The molecular formula is C15H23N3O3. The number of hydrogen-bond acceptors (Lipinski definition) is 4. The number of nitrogens with zero attached hydrogens (tertiary/aromatic N) is 1. The molecular weight excluding hydrogens is 270 g/mol. The number of carbonyl (C=O) groups is 2. The van der Waals surface area contributed by atoms with E-state index in [2.05, 4.69) is 5.32 Å². The van der Waals surface area contributed by atoms with Crippen LogP contribution >= 0.6 is 0 Å². The third-order valence-corrected chi connectivity index (χ3v) is 2.90. The first kappa shape index (κ1) is 17.0. The van der Waals surface area contributed by atoms with Gasteiger partial charge in [0.15, 0.2) is 0 Å². The predicted molar refractivity (Wildman–Crippen MR) is 81.1 cm³/mol. The average Bonchev–Trinajstić information content (AvgIpc) is 2.47. The third-order valence-electron chi connectivity index (χ3n) is 2.90. The number of hydrogen-bond donors (Lipinski definition) is 2. The fraction of sp³-hybridized carbons (Fsp3) is 0.467. The molecule has 3 amide bonds. The minimum atomic E-state index is -0.671. The van der Waals surface area contributed by atoms with Gasteiger partial charge < -0.3 is 15.8 Å². The maximum atomic E-state index is 12.0. The van der Waals surface area contributed by atoms with Crippen molar-refractivity contribution in [2.24, 2.45) is 5.73 Å². The molecule has 6 nitrogen and oxygen atoms in total. The lowest BCUT2D eigenvalue weighted by Gasteiger charge is -2.19. The number of imide groups is 1. The molecule has 6 heteroatoms. The number of benzene rings is 1. The molecule has 21 heavy (non-hydrogen) atoms. The van der Waals surface area contributed by atoms with E-state index in [4.69, 9.17) is 10.5 Å². The Hall–Kier alpha value is -2.08. The summed E-state index contributed by atoms with van der Waals surface area (Å²) in [5.74, 6) is 0. The lowest BCUT2D eigenvalue weighted by molar-refractivity contribution is 0.115. The second-order valence-corrected chi connectivity index (χ2v) is 4.61. The van der Waals surface area contributed by atoms with Crippen molar-refractivity contribution in [1.29, 1.82) is 0 Å². The predicted octanol–water partition coefficient (Wildman–Crippen LogP) is 1.66. The van der Waals surface area contributed by atoms with Crippen molar-refractivity contribution in [3.05, 3.63) is 35.4 Å². The summed E-state index contributed by atoms with van der Waals surface area (Å²) < 4.78 is 4.83. The van der Waals surface area contributed by atoms with E-state index in [1.165, 1.54) is 5.56 Å². The molecule has 1 aromatic rings. The smallest absolute Gasteiger partial charge is 0.418 e. The van der Waals surface area contributed by atoms with Crippen molar-refractivity contribution in [3.63, 3.8) is 0 Å². The highest BCUT2D eigenvalue weighted by Gasteiger charge is 2.21. The summed E-state index contributed by atoms with van der Waals surface area (Å²) in [6.45, 7) is 4.71. The molecule has 0 spiro atoms. The molecule has 0 saturated carbocycles. The number of rotatable bonds is 6. The van der Waals surface area contributed by atoms with Crippen LogP contribution in [-0.2, 0) is 11.2 Å². The number of nitrogens with one attached hydrogen (secondary N) is 1. The van der Waals surface area contributed by atoms with Gasteiger partial charge in [-0.05, 0) is 25.8 Å². The van der Waals surface area contributed by atoms with E-state index in [1.807, 2.05) is 31.2 Å². The van der Waals surface area contributed by atoms with E-state index in [9.17, 15) is 9.59 Å². The second kappa shape index (κ2) is 8.97. The van der Waals surface area contributed by atoms with Crippen LogP contribution in [0.15, 0.2) is 24.3 Å². The number of urea groups is 1. The van der Waals surface area contributed by atoms with Gasteiger partial charge in [-0.2, -0.15) is 0 Å². The monoisotopic (exact) mass is 293 g/mol.